The molecular formula is C20H24ClFN6O2. The highest BCUT2D eigenvalue weighted by Crippen LogP contribution is 2.29. The fraction of sp³-hybridized carbons (Fsp3) is 0.500. The van der Waals surface area contributed by atoms with Gasteiger partial charge in [-0.05, 0) is 24.8 Å². The number of carbonyl (C=O) groups excluding carboxylic acids is 1. The van der Waals surface area contributed by atoms with Crippen LogP contribution in [0.1, 0.15) is 12.8 Å². The normalized spacial score (nSPS) is 22.1. The lowest BCUT2D eigenvalue weighted by atomic mass is 10.0. The molecule has 4 rings (SSSR count). The minimum Gasteiger partial charge on any atom is -0.381 e. The van der Waals surface area contributed by atoms with Crippen molar-refractivity contribution in [3.63, 3.8) is 0 Å². The number of amides is 1. The molecule has 1 amide bonds. The number of nitrogens with one attached hydrogen (secondary N) is 3. The van der Waals surface area contributed by atoms with Crippen LogP contribution >= 0.6 is 11.6 Å². The van der Waals surface area contributed by atoms with E-state index >= 15 is 0 Å². The summed E-state index contributed by atoms with van der Waals surface area (Å²) in [5, 5.41) is 9.25. The lowest BCUT2D eigenvalue weighted by molar-refractivity contribution is -0.120. The van der Waals surface area contributed by atoms with E-state index in [-0.39, 0.29) is 6.54 Å². The largest absolute Gasteiger partial charge is 0.381 e. The number of halogens is 2. The van der Waals surface area contributed by atoms with Gasteiger partial charge in [-0.2, -0.15) is 0 Å². The average Bonchev–Trinajstić information content (AvgIpc) is 3.20. The van der Waals surface area contributed by atoms with E-state index in [1.54, 1.807) is 18.5 Å². The van der Waals surface area contributed by atoms with Gasteiger partial charge in [0.2, 0.25) is 5.91 Å². The van der Waals surface area contributed by atoms with E-state index in [0.29, 0.717) is 40.4 Å². The maximum Gasteiger partial charge on any atom is 0.232 e. The zero-order valence-electron chi connectivity index (χ0n) is 16.4. The molecule has 3 N–H and O–H groups in total. The van der Waals surface area contributed by atoms with Crippen molar-refractivity contribution in [1.29, 1.82) is 0 Å². The quantitative estimate of drug-likeness (QED) is 0.642. The van der Waals surface area contributed by atoms with Crippen LogP contribution in [-0.4, -0.2) is 59.9 Å². The van der Waals surface area contributed by atoms with E-state index in [1.807, 2.05) is 0 Å². The highest BCUT2D eigenvalue weighted by molar-refractivity contribution is 6.33. The minimum atomic E-state index is -1.21. The predicted octanol–water partition coefficient (Wildman–Crippen LogP) is 2.53. The number of alkyl halides is 1. The number of rotatable bonds is 6. The van der Waals surface area contributed by atoms with Crippen molar-refractivity contribution in [2.75, 3.05) is 43.5 Å². The second-order valence-electron chi connectivity index (χ2n) is 7.55. The third-order valence-corrected chi connectivity index (χ3v) is 5.71. The molecule has 0 aromatic carbocycles. The first-order chi connectivity index (χ1) is 14.6. The molecule has 2 atom stereocenters. The number of hydrogen-bond acceptors (Lipinski definition) is 7. The Kier molecular flexibility index (Phi) is 6.71. The average molecular weight is 435 g/mol. The number of hydrogen-bond donors (Lipinski definition) is 3. The Morgan fingerprint density at radius 2 is 2.07 bits per heavy atom. The summed E-state index contributed by atoms with van der Waals surface area (Å²) in [6.45, 7) is 2.87. The van der Waals surface area contributed by atoms with Crippen molar-refractivity contribution in [2.45, 2.75) is 19.0 Å². The number of aromatic nitrogens is 3. The van der Waals surface area contributed by atoms with Gasteiger partial charge in [-0.3, -0.25) is 9.78 Å². The summed E-state index contributed by atoms with van der Waals surface area (Å²) in [5.41, 5.74) is 1.14. The Morgan fingerprint density at radius 3 is 2.83 bits per heavy atom. The van der Waals surface area contributed by atoms with Crippen LogP contribution in [0.5, 0.6) is 0 Å². The molecular weight excluding hydrogens is 411 g/mol. The predicted molar refractivity (Wildman–Crippen MR) is 112 cm³/mol. The molecule has 0 spiro atoms. The van der Waals surface area contributed by atoms with Crippen molar-refractivity contribution in [1.82, 2.24) is 20.3 Å². The third-order valence-electron chi connectivity index (χ3n) is 5.41. The van der Waals surface area contributed by atoms with Gasteiger partial charge in [-0.25, -0.2) is 14.4 Å². The molecule has 2 aliphatic rings. The van der Waals surface area contributed by atoms with Crippen LogP contribution in [0.4, 0.5) is 16.0 Å². The fourth-order valence-electron chi connectivity index (χ4n) is 3.61. The SMILES string of the molecule is O=C(Nc1cc(-c2cncc(NCC3CCOCC3)n2)c(Cl)cn1)[C@H]1CNC[C@H]1F. The Balaban J connectivity index is 1.46. The van der Waals surface area contributed by atoms with Crippen molar-refractivity contribution in [2.24, 2.45) is 11.8 Å². The number of anilines is 2. The lowest BCUT2D eigenvalue weighted by Crippen LogP contribution is -2.30. The Bertz CT molecular complexity index is 895. The number of pyridine rings is 1. The fourth-order valence-corrected chi connectivity index (χ4v) is 3.81. The molecule has 2 saturated heterocycles. The standard InChI is InChI=1S/C20H24ClFN6O2/c21-15-8-26-18(28-20(29)14-7-23-9-16(14)22)5-13(15)17-10-24-11-19(27-17)25-6-12-1-3-30-4-2-12/h5,8,10-12,14,16,23H,1-4,6-7,9H2,(H,25,27)(H,26,28,29)/t14-,16+/m0/s1. The summed E-state index contributed by atoms with van der Waals surface area (Å²) in [6, 6.07) is 1.63. The Labute approximate surface area is 179 Å². The van der Waals surface area contributed by atoms with E-state index < -0.39 is 18.0 Å². The Morgan fingerprint density at radius 1 is 1.23 bits per heavy atom. The zero-order chi connectivity index (χ0) is 20.9. The van der Waals surface area contributed by atoms with Gasteiger partial charge in [0.15, 0.2) is 0 Å². The first kappa shape index (κ1) is 20.9. The summed E-state index contributed by atoms with van der Waals surface area (Å²) in [6.07, 6.45) is 5.54. The zero-order valence-corrected chi connectivity index (χ0v) is 17.2. The van der Waals surface area contributed by atoms with Crippen LogP contribution in [0.2, 0.25) is 5.02 Å². The van der Waals surface area contributed by atoms with Crippen molar-refractivity contribution in [3.05, 3.63) is 29.7 Å². The molecule has 4 heterocycles. The molecule has 0 radical (unpaired) electrons. The number of carbonyl (C=O) groups is 1. The molecule has 160 valence electrons. The minimum absolute atomic E-state index is 0.181. The van der Waals surface area contributed by atoms with E-state index in [1.165, 1.54) is 6.20 Å². The second kappa shape index (κ2) is 9.63. The molecule has 0 unspecified atom stereocenters. The molecule has 2 aliphatic heterocycles. The van der Waals surface area contributed by atoms with E-state index in [4.69, 9.17) is 16.3 Å². The highest BCUT2D eigenvalue weighted by atomic mass is 35.5. The lowest BCUT2D eigenvalue weighted by Gasteiger charge is -2.22. The van der Waals surface area contributed by atoms with Crippen LogP contribution in [0.3, 0.4) is 0 Å². The van der Waals surface area contributed by atoms with Gasteiger partial charge in [-0.15, -0.1) is 0 Å². The van der Waals surface area contributed by atoms with Gasteiger partial charge in [0.05, 0.1) is 29.0 Å². The Hall–Kier alpha value is -2.36. The maximum absolute atomic E-state index is 13.8. The van der Waals surface area contributed by atoms with Gasteiger partial charge in [0.1, 0.15) is 17.8 Å². The summed E-state index contributed by atoms with van der Waals surface area (Å²) in [7, 11) is 0. The molecule has 30 heavy (non-hydrogen) atoms. The first-order valence-electron chi connectivity index (χ1n) is 10.1. The first-order valence-corrected chi connectivity index (χ1v) is 10.4. The molecule has 0 bridgehead atoms. The number of nitrogens with zero attached hydrogens (tertiary/aromatic N) is 3. The van der Waals surface area contributed by atoms with Gasteiger partial charge < -0.3 is 20.7 Å². The van der Waals surface area contributed by atoms with E-state index in [9.17, 15) is 9.18 Å². The van der Waals surface area contributed by atoms with Crippen molar-refractivity contribution in [3.8, 4) is 11.3 Å². The van der Waals surface area contributed by atoms with Gasteiger partial charge in [-0.1, -0.05) is 11.6 Å². The van der Waals surface area contributed by atoms with Gasteiger partial charge >= 0.3 is 0 Å². The summed E-state index contributed by atoms with van der Waals surface area (Å²) >= 11 is 6.32. The van der Waals surface area contributed by atoms with Crippen molar-refractivity contribution < 1.29 is 13.9 Å². The summed E-state index contributed by atoms with van der Waals surface area (Å²) in [5.74, 6) is 0.338. The second-order valence-corrected chi connectivity index (χ2v) is 7.95. The molecule has 10 heteroatoms. The summed E-state index contributed by atoms with van der Waals surface area (Å²) in [4.78, 5) is 25.3. The van der Waals surface area contributed by atoms with E-state index in [0.717, 1.165) is 32.6 Å². The van der Waals surface area contributed by atoms with Crippen molar-refractivity contribution >= 4 is 29.1 Å². The molecule has 2 aromatic rings. The highest BCUT2D eigenvalue weighted by Gasteiger charge is 2.33. The van der Waals surface area contributed by atoms with Crippen LogP contribution < -0.4 is 16.0 Å². The van der Waals surface area contributed by atoms with Gasteiger partial charge in [0, 0.05) is 44.6 Å². The monoisotopic (exact) mass is 434 g/mol. The smallest absolute Gasteiger partial charge is 0.232 e. The maximum atomic E-state index is 13.8. The molecule has 2 fully saturated rings. The molecule has 0 aliphatic carbocycles. The van der Waals surface area contributed by atoms with Crippen LogP contribution in [-0.2, 0) is 9.53 Å². The van der Waals surface area contributed by atoms with Crippen LogP contribution in [0.15, 0.2) is 24.7 Å². The van der Waals surface area contributed by atoms with Gasteiger partial charge in [0.25, 0.3) is 0 Å². The number of ether oxygens (including phenoxy) is 1. The van der Waals surface area contributed by atoms with Crippen LogP contribution in [0.25, 0.3) is 11.3 Å². The molecule has 0 saturated carbocycles. The topological polar surface area (TPSA) is 101 Å². The third kappa shape index (κ3) is 5.03. The summed E-state index contributed by atoms with van der Waals surface area (Å²) < 4.78 is 19.2. The molecule has 2 aromatic heterocycles. The molecule has 8 nitrogen and oxygen atoms in total. The van der Waals surface area contributed by atoms with E-state index in [2.05, 4.69) is 30.9 Å². The van der Waals surface area contributed by atoms with Crippen LogP contribution in [0, 0.1) is 11.8 Å².